The fraction of sp³-hybridized carbons (Fsp3) is 0.500. The molecular weight excluding hydrogens is 450 g/mol. The number of carbonyl (C=O) groups excluding carboxylic acids is 1. The van der Waals surface area contributed by atoms with E-state index in [2.05, 4.69) is 60.9 Å². The van der Waals surface area contributed by atoms with Gasteiger partial charge in [0.1, 0.15) is 11.4 Å². The monoisotopic (exact) mass is 491 g/mol. The lowest BCUT2D eigenvalue weighted by Gasteiger charge is -2.29. The summed E-state index contributed by atoms with van der Waals surface area (Å²) >= 11 is 0. The third kappa shape index (κ3) is 5.54. The average molecular weight is 492 g/mol. The van der Waals surface area contributed by atoms with Crippen LogP contribution in [0.2, 0.25) is 0 Å². The van der Waals surface area contributed by atoms with Crippen molar-refractivity contribution in [3.8, 4) is 5.75 Å². The van der Waals surface area contributed by atoms with Gasteiger partial charge in [-0.3, -0.25) is 0 Å². The summed E-state index contributed by atoms with van der Waals surface area (Å²) in [6.45, 7) is 11.8. The van der Waals surface area contributed by atoms with Gasteiger partial charge in [-0.05, 0) is 75.1 Å². The number of benzene rings is 2. The molecule has 2 aliphatic heterocycles. The molecule has 2 aromatic rings. The lowest BCUT2D eigenvalue weighted by molar-refractivity contribution is 0.0295. The van der Waals surface area contributed by atoms with Gasteiger partial charge in [-0.25, -0.2) is 4.79 Å². The zero-order chi connectivity index (χ0) is 26.1. The Kier molecular flexibility index (Phi) is 7.37. The predicted octanol–water partition coefficient (Wildman–Crippen LogP) is 6.14. The summed E-state index contributed by atoms with van der Waals surface area (Å²) < 4.78 is 11.2. The highest BCUT2D eigenvalue weighted by atomic mass is 16.6. The van der Waals surface area contributed by atoms with Crippen molar-refractivity contribution in [3.05, 3.63) is 65.2 Å². The number of carbonyl (C=O) groups is 1. The van der Waals surface area contributed by atoms with Crippen LogP contribution in [0.4, 0.5) is 10.5 Å². The SMILES string of the molecule is COc1ccccc1C1Nc2ccc(C3=CC(CCN(C)C(=O)OC(C)(C)C)NCC3)cc2C1(C)C. The van der Waals surface area contributed by atoms with Gasteiger partial charge in [0.25, 0.3) is 0 Å². The molecule has 0 fully saturated rings. The fourth-order valence-electron chi connectivity index (χ4n) is 5.23. The van der Waals surface area contributed by atoms with E-state index >= 15 is 0 Å². The first-order valence-corrected chi connectivity index (χ1v) is 12.9. The standard InChI is InChI=1S/C30H41N3O3/c1-29(2,3)36-28(34)33(6)17-15-22-18-21(14-16-31-22)20-12-13-25-24(19-20)30(4,5)27(32-25)23-10-8-9-11-26(23)35-7/h8-13,18-19,22,27,31-32H,14-17H2,1-7H3. The number of hydrogen-bond acceptors (Lipinski definition) is 5. The normalized spacial score (nSPS) is 20.7. The summed E-state index contributed by atoms with van der Waals surface area (Å²) in [4.78, 5) is 14.0. The van der Waals surface area contributed by atoms with E-state index in [9.17, 15) is 4.79 Å². The number of nitrogens with one attached hydrogen (secondary N) is 2. The smallest absolute Gasteiger partial charge is 0.410 e. The molecular formula is C30H41N3O3. The lowest BCUT2D eigenvalue weighted by Crippen LogP contribution is -2.39. The topological polar surface area (TPSA) is 62.8 Å². The van der Waals surface area contributed by atoms with Crippen LogP contribution in [0.1, 0.15) is 70.2 Å². The molecule has 6 nitrogen and oxygen atoms in total. The van der Waals surface area contributed by atoms with Crippen LogP contribution < -0.4 is 15.4 Å². The molecule has 6 heteroatoms. The molecule has 0 spiro atoms. The van der Waals surface area contributed by atoms with Gasteiger partial charge in [0.05, 0.1) is 13.2 Å². The van der Waals surface area contributed by atoms with Gasteiger partial charge in [-0.15, -0.1) is 0 Å². The number of amides is 1. The van der Waals surface area contributed by atoms with E-state index in [1.54, 1.807) is 19.1 Å². The second-order valence-corrected chi connectivity index (χ2v) is 11.5. The molecule has 4 rings (SSSR count). The molecule has 2 aliphatic rings. The Morgan fingerprint density at radius 3 is 2.64 bits per heavy atom. The zero-order valence-corrected chi connectivity index (χ0v) is 22.8. The highest BCUT2D eigenvalue weighted by Crippen LogP contribution is 2.50. The maximum atomic E-state index is 12.3. The summed E-state index contributed by atoms with van der Waals surface area (Å²) in [7, 11) is 3.53. The molecule has 36 heavy (non-hydrogen) atoms. The summed E-state index contributed by atoms with van der Waals surface area (Å²) in [5, 5.41) is 7.34. The van der Waals surface area contributed by atoms with Gasteiger partial charge in [0, 0.05) is 36.3 Å². The Morgan fingerprint density at radius 1 is 1.17 bits per heavy atom. The first kappa shape index (κ1) is 26.1. The maximum Gasteiger partial charge on any atom is 0.410 e. The van der Waals surface area contributed by atoms with E-state index in [0.29, 0.717) is 6.54 Å². The van der Waals surface area contributed by atoms with E-state index in [1.807, 2.05) is 32.9 Å². The van der Waals surface area contributed by atoms with Crippen LogP contribution in [0.3, 0.4) is 0 Å². The second-order valence-electron chi connectivity index (χ2n) is 11.5. The number of anilines is 1. The van der Waals surface area contributed by atoms with Gasteiger partial charge < -0.3 is 25.0 Å². The van der Waals surface area contributed by atoms with Crippen molar-refractivity contribution in [1.82, 2.24) is 10.2 Å². The third-order valence-corrected chi connectivity index (χ3v) is 7.24. The molecule has 0 aliphatic carbocycles. The molecule has 2 atom stereocenters. The van der Waals surface area contributed by atoms with E-state index in [-0.39, 0.29) is 23.6 Å². The van der Waals surface area contributed by atoms with Crippen LogP contribution in [0.25, 0.3) is 5.57 Å². The van der Waals surface area contributed by atoms with Crippen molar-refractivity contribution in [2.45, 2.75) is 70.6 Å². The summed E-state index contributed by atoms with van der Waals surface area (Å²) in [6.07, 6.45) is 3.88. The molecule has 0 bridgehead atoms. The molecule has 1 amide bonds. The Bertz CT molecular complexity index is 1130. The molecule has 0 saturated carbocycles. The molecule has 0 aromatic heterocycles. The largest absolute Gasteiger partial charge is 0.496 e. The number of nitrogens with zero attached hydrogens (tertiary/aromatic N) is 1. The third-order valence-electron chi connectivity index (χ3n) is 7.24. The Morgan fingerprint density at radius 2 is 1.92 bits per heavy atom. The highest BCUT2D eigenvalue weighted by molar-refractivity contribution is 5.74. The molecule has 194 valence electrons. The number of rotatable bonds is 6. The highest BCUT2D eigenvalue weighted by Gasteiger charge is 2.41. The molecule has 2 unspecified atom stereocenters. The van der Waals surface area contributed by atoms with Crippen molar-refractivity contribution in [3.63, 3.8) is 0 Å². The van der Waals surface area contributed by atoms with Crippen LogP contribution >= 0.6 is 0 Å². The van der Waals surface area contributed by atoms with Crippen LogP contribution in [0.5, 0.6) is 5.75 Å². The fourth-order valence-corrected chi connectivity index (χ4v) is 5.23. The van der Waals surface area contributed by atoms with Gasteiger partial charge in [-0.2, -0.15) is 0 Å². The van der Waals surface area contributed by atoms with Crippen LogP contribution in [-0.4, -0.2) is 49.9 Å². The van der Waals surface area contributed by atoms with E-state index < -0.39 is 5.60 Å². The number of methoxy groups -OCH3 is 1. The van der Waals surface area contributed by atoms with Crippen molar-refractivity contribution >= 4 is 17.4 Å². The van der Waals surface area contributed by atoms with Gasteiger partial charge in [0.15, 0.2) is 0 Å². The van der Waals surface area contributed by atoms with E-state index in [0.717, 1.165) is 25.1 Å². The van der Waals surface area contributed by atoms with E-state index in [1.165, 1.54) is 28.0 Å². The first-order valence-electron chi connectivity index (χ1n) is 12.9. The van der Waals surface area contributed by atoms with Crippen LogP contribution in [-0.2, 0) is 10.2 Å². The molecule has 2 N–H and O–H groups in total. The van der Waals surface area contributed by atoms with E-state index in [4.69, 9.17) is 9.47 Å². The molecule has 2 heterocycles. The number of para-hydroxylation sites is 1. The van der Waals surface area contributed by atoms with Crippen molar-refractivity contribution < 1.29 is 14.3 Å². The Labute approximate surface area is 216 Å². The second kappa shape index (κ2) is 10.2. The Balaban J connectivity index is 1.49. The maximum absolute atomic E-state index is 12.3. The van der Waals surface area contributed by atoms with Crippen LogP contribution in [0, 0.1) is 0 Å². The summed E-state index contributed by atoms with van der Waals surface area (Å²) in [5.74, 6) is 0.913. The minimum atomic E-state index is -0.484. The predicted molar refractivity (Wildman–Crippen MR) is 147 cm³/mol. The zero-order valence-electron chi connectivity index (χ0n) is 22.8. The van der Waals surface area contributed by atoms with Gasteiger partial charge >= 0.3 is 6.09 Å². The Hall–Kier alpha value is -2.99. The van der Waals surface area contributed by atoms with Crippen LogP contribution in [0.15, 0.2) is 48.5 Å². The quantitative estimate of drug-likeness (QED) is 0.508. The number of hydrogen-bond donors (Lipinski definition) is 2. The number of ether oxygens (including phenoxy) is 2. The summed E-state index contributed by atoms with van der Waals surface area (Å²) in [5.41, 5.74) is 5.75. The van der Waals surface area contributed by atoms with Crippen molar-refractivity contribution in [2.75, 3.05) is 32.6 Å². The first-order chi connectivity index (χ1) is 17.0. The molecule has 0 radical (unpaired) electrons. The van der Waals surface area contributed by atoms with Crippen molar-refractivity contribution in [2.24, 2.45) is 0 Å². The minimum absolute atomic E-state index is 0.0943. The summed E-state index contributed by atoms with van der Waals surface area (Å²) in [6, 6.07) is 15.4. The van der Waals surface area contributed by atoms with Gasteiger partial charge in [-0.1, -0.05) is 44.2 Å². The lowest BCUT2D eigenvalue weighted by atomic mass is 9.76. The van der Waals surface area contributed by atoms with Gasteiger partial charge in [0.2, 0.25) is 0 Å². The molecule has 0 saturated heterocycles. The molecule has 2 aromatic carbocycles. The average Bonchev–Trinajstić information content (AvgIpc) is 3.11. The number of fused-ring (bicyclic) bond motifs is 1. The van der Waals surface area contributed by atoms with Crippen molar-refractivity contribution in [1.29, 1.82) is 0 Å². The minimum Gasteiger partial charge on any atom is -0.496 e.